The molecular weight excluding hydrogens is 368 g/mol. The lowest BCUT2D eigenvalue weighted by Gasteiger charge is -2.45. The van der Waals surface area contributed by atoms with E-state index in [0.29, 0.717) is 37.3 Å². The Bertz CT molecular complexity index is 924. The van der Waals surface area contributed by atoms with Crippen molar-refractivity contribution in [2.24, 2.45) is 0 Å². The van der Waals surface area contributed by atoms with Crippen molar-refractivity contribution in [1.82, 2.24) is 15.1 Å². The molecule has 1 aromatic heterocycles. The van der Waals surface area contributed by atoms with Crippen molar-refractivity contribution >= 4 is 17.5 Å². The van der Waals surface area contributed by atoms with Crippen LogP contribution in [0.25, 0.3) is 0 Å². The van der Waals surface area contributed by atoms with Gasteiger partial charge < -0.3 is 20.0 Å². The normalized spacial score (nSPS) is 21.0. The molecule has 3 aliphatic heterocycles. The minimum atomic E-state index is -0.494. The van der Waals surface area contributed by atoms with E-state index in [0.717, 1.165) is 31.1 Å². The van der Waals surface area contributed by atoms with Crippen LogP contribution in [0.5, 0.6) is 0 Å². The zero-order valence-electron chi connectivity index (χ0n) is 16.4. The smallest absolute Gasteiger partial charge is 0.289 e. The number of amides is 2. The van der Waals surface area contributed by atoms with Gasteiger partial charge in [0.2, 0.25) is 0 Å². The Labute approximate surface area is 170 Å². The number of para-hydroxylation sites is 1. The number of fused-ring (bicyclic) bond motifs is 1. The van der Waals surface area contributed by atoms with Crippen LogP contribution in [-0.2, 0) is 6.54 Å². The van der Waals surface area contributed by atoms with Crippen LogP contribution < -0.4 is 10.6 Å². The molecule has 0 aliphatic carbocycles. The first-order valence-corrected chi connectivity index (χ1v) is 10.4. The van der Waals surface area contributed by atoms with Crippen molar-refractivity contribution in [3.05, 3.63) is 53.5 Å². The summed E-state index contributed by atoms with van der Waals surface area (Å²) < 4.78 is 5.84. The van der Waals surface area contributed by atoms with Gasteiger partial charge in [0.1, 0.15) is 11.4 Å². The molecular formula is C22H26N4O3. The Balaban J connectivity index is 1.22. The van der Waals surface area contributed by atoms with E-state index in [-0.39, 0.29) is 11.8 Å². The summed E-state index contributed by atoms with van der Waals surface area (Å²) in [6, 6.07) is 11.2. The summed E-state index contributed by atoms with van der Waals surface area (Å²) in [7, 11) is 0. The molecule has 5 rings (SSSR count). The number of furan rings is 1. The van der Waals surface area contributed by atoms with Crippen LogP contribution in [0.3, 0.4) is 0 Å². The number of benzene rings is 1. The average molecular weight is 394 g/mol. The minimum absolute atomic E-state index is 0.0586. The quantitative estimate of drug-likeness (QED) is 0.837. The number of likely N-dealkylation sites (tertiary alicyclic amines) is 2. The summed E-state index contributed by atoms with van der Waals surface area (Å²) in [5.41, 5.74) is 1.03. The third kappa shape index (κ3) is 3.51. The second-order valence-corrected chi connectivity index (χ2v) is 8.25. The molecule has 2 aromatic rings. The van der Waals surface area contributed by atoms with Gasteiger partial charge in [-0.25, -0.2) is 0 Å². The number of nitrogens with one attached hydrogen (secondary N) is 2. The van der Waals surface area contributed by atoms with Gasteiger partial charge in [0.25, 0.3) is 11.8 Å². The average Bonchev–Trinajstić information content (AvgIpc) is 3.41. The number of carbonyl (C=O) groups excluding carboxylic acids is 2. The van der Waals surface area contributed by atoms with Gasteiger partial charge in [-0.1, -0.05) is 12.1 Å². The lowest BCUT2D eigenvalue weighted by molar-refractivity contribution is 0.0608. The molecule has 29 heavy (non-hydrogen) atoms. The number of hydrogen-bond donors (Lipinski definition) is 2. The summed E-state index contributed by atoms with van der Waals surface area (Å²) in [5.74, 6) is 1.12. The lowest BCUT2D eigenvalue weighted by atomic mass is 9.92. The number of piperidine rings is 1. The van der Waals surface area contributed by atoms with Crippen molar-refractivity contribution in [1.29, 1.82) is 0 Å². The van der Waals surface area contributed by atoms with Gasteiger partial charge in [0.15, 0.2) is 5.76 Å². The Morgan fingerprint density at radius 2 is 1.76 bits per heavy atom. The van der Waals surface area contributed by atoms with Gasteiger partial charge in [-0.15, -0.1) is 0 Å². The molecule has 0 radical (unpaired) electrons. The molecule has 0 atom stereocenters. The number of carbonyl (C=O) groups is 2. The fraction of sp³-hybridized carbons (Fsp3) is 0.455. The Hall–Kier alpha value is -2.80. The van der Waals surface area contributed by atoms with Crippen LogP contribution in [-0.4, -0.2) is 53.5 Å². The van der Waals surface area contributed by atoms with E-state index in [1.807, 2.05) is 35.2 Å². The van der Waals surface area contributed by atoms with E-state index >= 15 is 0 Å². The molecule has 2 N–H and O–H groups in total. The molecule has 1 spiro atoms. The third-order valence-electron chi connectivity index (χ3n) is 6.25. The summed E-state index contributed by atoms with van der Waals surface area (Å²) in [4.78, 5) is 29.6. The molecule has 7 heteroatoms. The second-order valence-electron chi connectivity index (χ2n) is 8.25. The zero-order valence-corrected chi connectivity index (χ0v) is 16.4. The highest BCUT2D eigenvalue weighted by molar-refractivity contribution is 6.02. The molecule has 4 heterocycles. The molecule has 3 aliphatic rings. The van der Waals surface area contributed by atoms with Crippen molar-refractivity contribution in [2.75, 3.05) is 31.5 Å². The molecule has 0 unspecified atom stereocenters. The summed E-state index contributed by atoms with van der Waals surface area (Å²) in [6.07, 6.45) is 3.77. The molecule has 0 bridgehead atoms. The maximum absolute atomic E-state index is 12.9. The Morgan fingerprint density at radius 1 is 1.00 bits per heavy atom. The number of rotatable bonds is 3. The van der Waals surface area contributed by atoms with E-state index in [1.165, 1.54) is 12.8 Å². The van der Waals surface area contributed by atoms with Crippen molar-refractivity contribution in [3.8, 4) is 0 Å². The van der Waals surface area contributed by atoms with Crippen molar-refractivity contribution < 1.29 is 14.0 Å². The summed E-state index contributed by atoms with van der Waals surface area (Å²) in [5, 5.41) is 6.60. The number of anilines is 1. The van der Waals surface area contributed by atoms with Gasteiger partial charge in [0.05, 0.1) is 12.1 Å². The monoisotopic (exact) mass is 394 g/mol. The first-order valence-electron chi connectivity index (χ1n) is 10.4. The van der Waals surface area contributed by atoms with Gasteiger partial charge in [-0.2, -0.15) is 0 Å². The van der Waals surface area contributed by atoms with Crippen molar-refractivity contribution in [3.63, 3.8) is 0 Å². The third-order valence-corrected chi connectivity index (χ3v) is 6.25. The second kappa shape index (κ2) is 7.22. The molecule has 2 fully saturated rings. The largest absolute Gasteiger partial charge is 0.455 e. The first kappa shape index (κ1) is 18.2. The van der Waals surface area contributed by atoms with Gasteiger partial charge >= 0.3 is 0 Å². The summed E-state index contributed by atoms with van der Waals surface area (Å²) >= 11 is 0. The van der Waals surface area contributed by atoms with Crippen molar-refractivity contribution in [2.45, 2.75) is 37.9 Å². The number of nitrogens with zero attached hydrogens (tertiary/aromatic N) is 2. The van der Waals surface area contributed by atoms with E-state index in [1.54, 1.807) is 6.07 Å². The first-order chi connectivity index (χ1) is 14.1. The van der Waals surface area contributed by atoms with E-state index < -0.39 is 5.66 Å². The van der Waals surface area contributed by atoms with E-state index in [2.05, 4.69) is 15.5 Å². The molecule has 152 valence electrons. The van der Waals surface area contributed by atoms with Gasteiger partial charge in [-0.3, -0.25) is 14.5 Å². The minimum Gasteiger partial charge on any atom is -0.455 e. The SMILES string of the molecule is O=C1NC2(CCN(C(=O)c3ccc(CN4CCCC4)o3)CC2)Nc2ccccc21. The fourth-order valence-corrected chi connectivity index (χ4v) is 4.60. The molecule has 2 amide bonds. The number of hydrogen-bond acceptors (Lipinski definition) is 5. The van der Waals surface area contributed by atoms with Crippen LogP contribution in [0, 0.1) is 0 Å². The Morgan fingerprint density at radius 3 is 2.55 bits per heavy atom. The fourth-order valence-electron chi connectivity index (χ4n) is 4.60. The van der Waals surface area contributed by atoms with Crippen LogP contribution in [0.2, 0.25) is 0 Å². The van der Waals surface area contributed by atoms with E-state index in [9.17, 15) is 9.59 Å². The van der Waals surface area contributed by atoms with Crippen LogP contribution in [0.1, 0.15) is 52.4 Å². The van der Waals surface area contributed by atoms with Crippen LogP contribution in [0.4, 0.5) is 5.69 Å². The lowest BCUT2D eigenvalue weighted by Crippen LogP contribution is -2.62. The zero-order chi connectivity index (χ0) is 19.8. The van der Waals surface area contributed by atoms with Crippen LogP contribution in [0.15, 0.2) is 40.8 Å². The molecule has 2 saturated heterocycles. The highest BCUT2D eigenvalue weighted by atomic mass is 16.4. The van der Waals surface area contributed by atoms with E-state index in [4.69, 9.17) is 4.42 Å². The topological polar surface area (TPSA) is 77.8 Å². The standard InChI is InChI=1S/C22H26N4O3/c27-20-17-5-1-2-6-18(17)23-22(24-20)9-13-26(14-10-22)21(28)19-8-7-16(29-19)15-25-11-3-4-12-25/h1-2,5-8,23H,3-4,9-15H2,(H,24,27). The predicted octanol–water partition coefficient (Wildman–Crippen LogP) is 2.66. The Kier molecular flexibility index (Phi) is 4.54. The molecule has 1 aromatic carbocycles. The summed E-state index contributed by atoms with van der Waals surface area (Å²) in [6.45, 7) is 4.10. The maximum Gasteiger partial charge on any atom is 0.289 e. The highest BCUT2D eigenvalue weighted by Crippen LogP contribution is 2.31. The highest BCUT2D eigenvalue weighted by Gasteiger charge is 2.41. The molecule has 0 saturated carbocycles. The van der Waals surface area contributed by atoms with Gasteiger partial charge in [0, 0.05) is 31.6 Å². The maximum atomic E-state index is 12.9. The molecule has 7 nitrogen and oxygen atoms in total. The predicted molar refractivity (Wildman–Crippen MR) is 109 cm³/mol. The van der Waals surface area contributed by atoms with Crippen LogP contribution >= 0.6 is 0 Å². The van der Waals surface area contributed by atoms with Gasteiger partial charge in [-0.05, 0) is 50.2 Å².